The molecule has 2 aliphatic rings. The largest absolute Gasteiger partial charge is 0.367 e. The van der Waals surface area contributed by atoms with Crippen molar-refractivity contribution in [3.8, 4) is 0 Å². The van der Waals surface area contributed by atoms with Crippen molar-refractivity contribution in [3.05, 3.63) is 130 Å². The number of carbonyl (C=O) groups excluding carboxylic acids is 2. The molecular formula is C36H34F2N4O2S. The fourth-order valence-corrected chi connectivity index (χ4v) is 6.65. The number of anilines is 2. The van der Waals surface area contributed by atoms with Gasteiger partial charge in [0.25, 0.3) is 11.8 Å². The fourth-order valence-electron chi connectivity index (χ4n) is 5.61. The lowest BCUT2D eigenvalue weighted by Gasteiger charge is -2.36. The van der Waals surface area contributed by atoms with Gasteiger partial charge in [-0.3, -0.25) is 14.5 Å². The highest BCUT2D eigenvalue weighted by Gasteiger charge is 2.30. The molecule has 4 aromatic carbocycles. The Hall–Kier alpha value is -4.47. The van der Waals surface area contributed by atoms with Crippen molar-refractivity contribution < 1.29 is 18.4 Å². The summed E-state index contributed by atoms with van der Waals surface area (Å²) in [6.07, 6.45) is 2.66. The van der Waals surface area contributed by atoms with Crippen LogP contribution in [0.3, 0.4) is 0 Å². The molecule has 1 N–H and O–H groups in total. The fraction of sp³-hybridized carbons (Fsp3) is 0.222. The van der Waals surface area contributed by atoms with Gasteiger partial charge in [-0.05, 0) is 72.6 Å². The van der Waals surface area contributed by atoms with Crippen molar-refractivity contribution in [2.45, 2.75) is 17.9 Å². The van der Waals surface area contributed by atoms with Crippen LogP contribution in [0.4, 0.5) is 20.2 Å². The molecule has 0 aromatic heterocycles. The second kappa shape index (κ2) is 14.1. The Balaban J connectivity index is 1.09. The van der Waals surface area contributed by atoms with Crippen molar-refractivity contribution in [3.63, 3.8) is 0 Å². The van der Waals surface area contributed by atoms with Crippen LogP contribution in [-0.4, -0.2) is 56.0 Å². The normalized spacial score (nSPS) is 16.1. The number of benzene rings is 4. The van der Waals surface area contributed by atoms with Crippen LogP contribution in [0.15, 0.2) is 107 Å². The molecule has 9 heteroatoms. The van der Waals surface area contributed by atoms with Crippen LogP contribution in [0, 0.1) is 11.6 Å². The van der Waals surface area contributed by atoms with E-state index in [1.54, 1.807) is 35.2 Å². The van der Waals surface area contributed by atoms with Crippen molar-refractivity contribution in [2.24, 2.45) is 0 Å². The summed E-state index contributed by atoms with van der Waals surface area (Å²) < 4.78 is 27.7. The summed E-state index contributed by atoms with van der Waals surface area (Å²) in [5.74, 6) is -0.907. The van der Waals surface area contributed by atoms with Crippen LogP contribution in [0.1, 0.15) is 27.9 Å². The third-order valence-corrected chi connectivity index (χ3v) is 9.12. The zero-order chi connectivity index (χ0) is 31.2. The molecule has 0 saturated carbocycles. The van der Waals surface area contributed by atoms with Crippen LogP contribution in [0.2, 0.25) is 0 Å². The van der Waals surface area contributed by atoms with E-state index < -0.39 is 0 Å². The van der Waals surface area contributed by atoms with Crippen LogP contribution in [-0.2, 0) is 11.3 Å². The van der Waals surface area contributed by atoms with E-state index >= 15 is 0 Å². The van der Waals surface area contributed by atoms with Crippen molar-refractivity contribution in [1.82, 2.24) is 10.2 Å². The third kappa shape index (κ3) is 7.44. The van der Waals surface area contributed by atoms with E-state index in [9.17, 15) is 18.4 Å². The Morgan fingerprint density at radius 1 is 0.844 bits per heavy atom. The number of piperazine rings is 1. The smallest absolute Gasteiger partial charge is 0.265 e. The predicted octanol–water partition coefficient (Wildman–Crippen LogP) is 6.59. The van der Waals surface area contributed by atoms with Gasteiger partial charge in [-0.15, -0.1) is 0 Å². The van der Waals surface area contributed by atoms with Gasteiger partial charge in [-0.2, -0.15) is 0 Å². The Bertz CT molecular complexity index is 1690. The summed E-state index contributed by atoms with van der Waals surface area (Å²) in [4.78, 5) is 34.4. The Morgan fingerprint density at radius 3 is 2.33 bits per heavy atom. The van der Waals surface area contributed by atoms with Gasteiger partial charge < -0.3 is 15.1 Å². The van der Waals surface area contributed by atoms with E-state index in [0.29, 0.717) is 28.4 Å². The highest BCUT2D eigenvalue weighted by molar-refractivity contribution is 8.04. The number of carbonyl (C=O) groups is 2. The highest BCUT2D eigenvalue weighted by atomic mass is 32.2. The third-order valence-electron chi connectivity index (χ3n) is 8.04. The molecule has 0 aliphatic carbocycles. The molecule has 0 radical (unpaired) electrons. The molecule has 2 heterocycles. The molecule has 1 saturated heterocycles. The zero-order valence-corrected chi connectivity index (χ0v) is 25.6. The molecule has 1 fully saturated rings. The summed E-state index contributed by atoms with van der Waals surface area (Å²) in [6, 6.07) is 28.1. The van der Waals surface area contributed by atoms with E-state index in [1.165, 1.54) is 30.0 Å². The molecule has 4 aromatic rings. The second-order valence-corrected chi connectivity index (χ2v) is 12.2. The Kier molecular flexibility index (Phi) is 9.57. The van der Waals surface area contributed by atoms with Gasteiger partial charge >= 0.3 is 0 Å². The first-order chi connectivity index (χ1) is 21.9. The SMILES string of the molecule is O=C(NCCCN1CCN(c2ccccc2F)CC1)c1ccc2c(c1)N(Cc1ccc(F)cc1)C(=O)C(=Cc1ccccc1)S2. The van der Waals surface area contributed by atoms with Gasteiger partial charge in [0.15, 0.2) is 0 Å². The molecule has 2 amide bonds. The number of thioether (sulfide) groups is 1. The van der Waals surface area contributed by atoms with Gasteiger partial charge in [-0.1, -0.05) is 66.4 Å². The lowest BCUT2D eigenvalue weighted by Crippen LogP contribution is -2.47. The van der Waals surface area contributed by atoms with Gasteiger partial charge in [0.2, 0.25) is 0 Å². The van der Waals surface area contributed by atoms with E-state index in [0.717, 1.165) is 55.2 Å². The van der Waals surface area contributed by atoms with Crippen LogP contribution in [0.5, 0.6) is 0 Å². The zero-order valence-electron chi connectivity index (χ0n) is 24.8. The first-order valence-electron chi connectivity index (χ1n) is 15.1. The van der Waals surface area contributed by atoms with Crippen molar-refractivity contribution in [2.75, 3.05) is 49.1 Å². The number of hydrogen-bond acceptors (Lipinski definition) is 5. The maximum atomic E-state index is 14.1. The van der Waals surface area contributed by atoms with E-state index in [4.69, 9.17) is 0 Å². The lowest BCUT2D eigenvalue weighted by atomic mass is 10.1. The molecule has 2 aliphatic heterocycles. The minimum absolute atomic E-state index is 0.173. The number of para-hydroxylation sites is 1. The average Bonchev–Trinajstić information content (AvgIpc) is 3.07. The molecule has 6 rings (SSSR count). The molecule has 0 unspecified atom stereocenters. The molecule has 0 spiro atoms. The minimum Gasteiger partial charge on any atom is -0.367 e. The monoisotopic (exact) mass is 624 g/mol. The molecule has 230 valence electrons. The first-order valence-corrected chi connectivity index (χ1v) is 15.9. The highest BCUT2D eigenvalue weighted by Crippen LogP contribution is 2.43. The first kappa shape index (κ1) is 30.6. The van der Waals surface area contributed by atoms with Gasteiger partial charge in [0.1, 0.15) is 11.6 Å². The maximum absolute atomic E-state index is 14.1. The lowest BCUT2D eigenvalue weighted by molar-refractivity contribution is -0.114. The van der Waals surface area contributed by atoms with Gasteiger partial charge in [0.05, 0.1) is 22.8 Å². The standard InChI is InChI=1S/C36H34F2N4O2S/c37-29-14-11-27(12-15-29)25-42-32-24-28(13-16-33(32)45-34(36(42)44)23-26-7-2-1-3-8-26)35(43)39-17-6-18-40-19-21-41(22-20-40)31-10-5-4-9-30(31)38/h1-5,7-16,23-24H,6,17-22,25H2,(H,39,43). The van der Waals surface area contributed by atoms with Crippen molar-refractivity contribution >= 4 is 41.0 Å². The van der Waals surface area contributed by atoms with E-state index in [-0.39, 0.29) is 30.0 Å². The Morgan fingerprint density at radius 2 is 1.58 bits per heavy atom. The summed E-state index contributed by atoms with van der Waals surface area (Å²) in [5, 5.41) is 3.02. The number of nitrogens with zero attached hydrogens (tertiary/aromatic N) is 3. The summed E-state index contributed by atoms with van der Waals surface area (Å²) in [5.41, 5.74) is 3.47. The van der Waals surface area contributed by atoms with E-state index in [2.05, 4.69) is 15.1 Å². The predicted molar refractivity (Wildman–Crippen MR) is 176 cm³/mol. The van der Waals surface area contributed by atoms with Crippen LogP contribution >= 0.6 is 11.8 Å². The van der Waals surface area contributed by atoms with Crippen LogP contribution < -0.4 is 15.1 Å². The minimum atomic E-state index is -0.340. The number of nitrogens with one attached hydrogen (secondary N) is 1. The summed E-state index contributed by atoms with van der Waals surface area (Å²) >= 11 is 1.38. The number of halogens is 2. The molecular weight excluding hydrogens is 590 g/mol. The quantitative estimate of drug-likeness (QED) is 0.168. The number of rotatable bonds is 9. The molecule has 45 heavy (non-hydrogen) atoms. The Labute approximate surface area is 266 Å². The van der Waals surface area contributed by atoms with Crippen LogP contribution in [0.25, 0.3) is 6.08 Å². The number of fused-ring (bicyclic) bond motifs is 1. The van der Waals surface area contributed by atoms with Gasteiger partial charge in [0, 0.05) is 43.2 Å². The van der Waals surface area contributed by atoms with Crippen molar-refractivity contribution in [1.29, 1.82) is 0 Å². The molecule has 0 atom stereocenters. The summed E-state index contributed by atoms with van der Waals surface area (Å²) in [6.45, 7) is 4.79. The maximum Gasteiger partial charge on any atom is 0.265 e. The van der Waals surface area contributed by atoms with Gasteiger partial charge in [-0.25, -0.2) is 8.78 Å². The summed E-state index contributed by atoms with van der Waals surface area (Å²) in [7, 11) is 0. The topological polar surface area (TPSA) is 55.9 Å². The average molecular weight is 625 g/mol. The molecule has 0 bridgehead atoms. The number of amides is 2. The van der Waals surface area contributed by atoms with E-state index in [1.807, 2.05) is 54.6 Å². The second-order valence-electron chi connectivity index (χ2n) is 11.1. The number of hydrogen-bond donors (Lipinski definition) is 1. The molecule has 6 nitrogen and oxygen atoms in total.